The Labute approximate surface area is 125 Å². The first kappa shape index (κ1) is 15.6. The number of carbonyl (C=O) groups is 1. The number of aromatic nitrogens is 1. The Morgan fingerprint density at radius 1 is 1.19 bits per heavy atom. The highest BCUT2D eigenvalue weighted by Gasteiger charge is 2.31. The van der Waals surface area contributed by atoms with E-state index in [2.05, 4.69) is 20.9 Å². The first-order chi connectivity index (χ1) is 9.77. The molecule has 0 saturated carbocycles. The summed E-state index contributed by atoms with van der Waals surface area (Å²) >= 11 is 3.16. The second-order valence-corrected chi connectivity index (χ2v) is 5.22. The third kappa shape index (κ3) is 3.87. The molecule has 0 N–H and O–H groups in total. The molecule has 0 unspecified atom stereocenters. The maximum atomic E-state index is 13.6. The van der Waals surface area contributed by atoms with Gasteiger partial charge < -0.3 is 0 Å². The highest BCUT2D eigenvalue weighted by Crippen LogP contribution is 2.30. The van der Waals surface area contributed by atoms with Crippen molar-refractivity contribution in [2.75, 3.05) is 0 Å². The van der Waals surface area contributed by atoms with Crippen LogP contribution in [0, 0.1) is 5.82 Å². The molecule has 1 aromatic carbocycles. The van der Waals surface area contributed by atoms with E-state index in [1.807, 2.05) is 0 Å². The van der Waals surface area contributed by atoms with Gasteiger partial charge in [-0.15, -0.1) is 0 Å². The molecule has 0 aliphatic heterocycles. The van der Waals surface area contributed by atoms with E-state index in [0.29, 0.717) is 28.2 Å². The number of hydrogen-bond donors (Lipinski definition) is 0. The summed E-state index contributed by atoms with van der Waals surface area (Å²) < 4.78 is 52.0. The van der Waals surface area contributed by atoms with E-state index in [4.69, 9.17) is 0 Å². The number of halogens is 5. The standard InChI is InChI=1S/C14H8BrF4NO/c15-10-3-8(6-20-7-10)4-13(21)11-5-9(14(17,18)19)1-2-12(11)16/h1-3,5-7H,4H2. The van der Waals surface area contributed by atoms with Crippen LogP contribution in [0.3, 0.4) is 0 Å². The minimum atomic E-state index is -4.62. The minimum absolute atomic E-state index is 0.231. The number of hydrogen-bond acceptors (Lipinski definition) is 2. The van der Waals surface area contributed by atoms with Gasteiger partial charge in [-0.3, -0.25) is 9.78 Å². The third-order valence-electron chi connectivity index (χ3n) is 2.72. The van der Waals surface area contributed by atoms with Crippen LogP contribution >= 0.6 is 15.9 Å². The highest BCUT2D eigenvalue weighted by molar-refractivity contribution is 9.10. The van der Waals surface area contributed by atoms with Gasteiger partial charge in [0.1, 0.15) is 5.82 Å². The molecule has 0 aliphatic rings. The van der Waals surface area contributed by atoms with E-state index in [1.165, 1.54) is 12.4 Å². The number of ketones is 1. The largest absolute Gasteiger partial charge is 0.416 e. The molecular weight excluding hydrogens is 354 g/mol. The van der Waals surface area contributed by atoms with Crippen LogP contribution in [0.2, 0.25) is 0 Å². The summed E-state index contributed by atoms with van der Waals surface area (Å²) in [4.78, 5) is 15.8. The van der Waals surface area contributed by atoms with Gasteiger partial charge in [-0.2, -0.15) is 13.2 Å². The van der Waals surface area contributed by atoms with Gasteiger partial charge in [-0.25, -0.2) is 4.39 Å². The van der Waals surface area contributed by atoms with Gasteiger partial charge in [0.15, 0.2) is 5.78 Å². The van der Waals surface area contributed by atoms with Crippen molar-refractivity contribution >= 4 is 21.7 Å². The van der Waals surface area contributed by atoms with Gasteiger partial charge in [-0.05, 0) is 45.8 Å². The maximum absolute atomic E-state index is 13.6. The second kappa shape index (κ2) is 5.93. The average molecular weight is 362 g/mol. The Morgan fingerprint density at radius 3 is 2.52 bits per heavy atom. The molecule has 0 fully saturated rings. The molecule has 7 heteroatoms. The zero-order valence-electron chi connectivity index (χ0n) is 10.4. The van der Waals surface area contributed by atoms with Crippen LogP contribution in [0.15, 0.2) is 41.1 Å². The van der Waals surface area contributed by atoms with Crippen LogP contribution in [0.1, 0.15) is 21.5 Å². The van der Waals surface area contributed by atoms with Gasteiger partial charge >= 0.3 is 6.18 Å². The van der Waals surface area contributed by atoms with Crippen molar-refractivity contribution in [3.63, 3.8) is 0 Å². The molecule has 2 aromatic rings. The average Bonchev–Trinajstić information content (AvgIpc) is 2.37. The number of alkyl halides is 3. The van der Waals surface area contributed by atoms with E-state index in [0.717, 1.165) is 0 Å². The summed E-state index contributed by atoms with van der Waals surface area (Å²) in [6.07, 6.45) is -1.96. The van der Waals surface area contributed by atoms with Crippen LogP contribution < -0.4 is 0 Å². The molecule has 2 nitrogen and oxygen atoms in total. The lowest BCUT2D eigenvalue weighted by Gasteiger charge is -2.09. The van der Waals surface area contributed by atoms with Crippen molar-refractivity contribution in [3.05, 3.63) is 63.6 Å². The monoisotopic (exact) mass is 361 g/mol. The zero-order chi connectivity index (χ0) is 15.6. The first-order valence-electron chi connectivity index (χ1n) is 5.77. The Hall–Kier alpha value is -1.76. The van der Waals surface area contributed by atoms with E-state index in [9.17, 15) is 22.4 Å². The van der Waals surface area contributed by atoms with Gasteiger partial charge in [-0.1, -0.05) is 0 Å². The summed E-state index contributed by atoms with van der Waals surface area (Å²) in [5, 5.41) is 0. The molecule has 0 radical (unpaired) electrons. The Balaban J connectivity index is 2.31. The summed E-state index contributed by atoms with van der Waals surface area (Å²) in [5.41, 5.74) is -1.16. The van der Waals surface area contributed by atoms with Crippen LogP contribution in [0.25, 0.3) is 0 Å². The fourth-order valence-corrected chi connectivity index (χ4v) is 2.16. The lowest BCUT2D eigenvalue weighted by atomic mass is 10.0. The lowest BCUT2D eigenvalue weighted by molar-refractivity contribution is -0.137. The minimum Gasteiger partial charge on any atom is -0.294 e. The molecule has 0 atom stereocenters. The smallest absolute Gasteiger partial charge is 0.294 e. The number of benzene rings is 1. The van der Waals surface area contributed by atoms with Gasteiger partial charge in [0.2, 0.25) is 0 Å². The number of pyridine rings is 1. The molecule has 1 heterocycles. The van der Waals surface area contributed by atoms with Crippen molar-refractivity contribution < 1.29 is 22.4 Å². The summed E-state index contributed by atoms with van der Waals surface area (Å²) in [7, 11) is 0. The van der Waals surface area contributed by atoms with Gasteiger partial charge in [0.25, 0.3) is 0 Å². The predicted octanol–water partition coefficient (Wildman–Crippen LogP) is 4.43. The normalized spacial score (nSPS) is 11.5. The molecule has 2 rings (SSSR count). The van der Waals surface area contributed by atoms with Crippen molar-refractivity contribution in [2.45, 2.75) is 12.6 Å². The summed E-state index contributed by atoms with van der Waals surface area (Å²) in [6.45, 7) is 0. The molecule has 0 aliphatic carbocycles. The van der Waals surface area contributed by atoms with E-state index >= 15 is 0 Å². The molecule has 0 bridgehead atoms. The molecule has 21 heavy (non-hydrogen) atoms. The first-order valence-corrected chi connectivity index (χ1v) is 6.56. The maximum Gasteiger partial charge on any atom is 0.416 e. The lowest BCUT2D eigenvalue weighted by Crippen LogP contribution is -2.11. The molecule has 0 amide bonds. The SMILES string of the molecule is O=C(Cc1cncc(Br)c1)c1cc(C(F)(F)F)ccc1F. The van der Waals surface area contributed by atoms with Crippen molar-refractivity contribution in [3.8, 4) is 0 Å². The zero-order valence-corrected chi connectivity index (χ0v) is 12.0. The van der Waals surface area contributed by atoms with Gasteiger partial charge in [0, 0.05) is 23.3 Å². The molecule has 0 saturated heterocycles. The molecular formula is C14H8BrF4NO. The Bertz CT molecular complexity index is 685. The predicted molar refractivity (Wildman–Crippen MR) is 71.4 cm³/mol. The van der Waals surface area contributed by atoms with Gasteiger partial charge in [0.05, 0.1) is 11.1 Å². The Morgan fingerprint density at radius 2 is 1.90 bits per heavy atom. The molecule has 0 spiro atoms. The van der Waals surface area contributed by atoms with Crippen molar-refractivity contribution in [2.24, 2.45) is 0 Å². The van der Waals surface area contributed by atoms with E-state index in [-0.39, 0.29) is 6.42 Å². The molecule has 110 valence electrons. The van der Waals surface area contributed by atoms with E-state index < -0.39 is 28.9 Å². The van der Waals surface area contributed by atoms with E-state index in [1.54, 1.807) is 6.07 Å². The van der Waals surface area contributed by atoms with Crippen LogP contribution in [0.5, 0.6) is 0 Å². The van der Waals surface area contributed by atoms with Crippen LogP contribution in [-0.2, 0) is 12.6 Å². The van der Waals surface area contributed by atoms with Crippen LogP contribution in [0.4, 0.5) is 17.6 Å². The summed E-state index contributed by atoms with van der Waals surface area (Å²) in [6, 6.07) is 3.38. The number of carbonyl (C=O) groups excluding carboxylic acids is 1. The fraction of sp³-hybridized carbons (Fsp3) is 0.143. The topological polar surface area (TPSA) is 30.0 Å². The number of rotatable bonds is 3. The quantitative estimate of drug-likeness (QED) is 0.598. The third-order valence-corrected chi connectivity index (χ3v) is 3.15. The highest BCUT2D eigenvalue weighted by atomic mass is 79.9. The Kier molecular flexibility index (Phi) is 4.41. The fourth-order valence-electron chi connectivity index (χ4n) is 1.75. The summed E-state index contributed by atoms with van der Waals surface area (Å²) in [5.74, 6) is -1.71. The van der Waals surface area contributed by atoms with Crippen molar-refractivity contribution in [1.82, 2.24) is 4.98 Å². The molecule has 1 aromatic heterocycles. The second-order valence-electron chi connectivity index (χ2n) is 4.30. The number of Topliss-reactive ketones (excluding diaryl/α,β-unsaturated/α-hetero) is 1. The van der Waals surface area contributed by atoms with Crippen LogP contribution in [-0.4, -0.2) is 10.8 Å². The van der Waals surface area contributed by atoms with Crippen molar-refractivity contribution in [1.29, 1.82) is 0 Å². The number of nitrogens with zero attached hydrogens (tertiary/aromatic N) is 1.